The van der Waals surface area contributed by atoms with Crippen molar-refractivity contribution >= 4 is 17.4 Å². The van der Waals surface area contributed by atoms with Crippen molar-refractivity contribution in [2.24, 2.45) is 0 Å². The first kappa shape index (κ1) is 33.3. The van der Waals surface area contributed by atoms with Gasteiger partial charge in [-0.25, -0.2) is 4.39 Å². The normalized spacial score (nSPS) is 23.3. The van der Waals surface area contributed by atoms with Crippen molar-refractivity contribution in [3.8, 4) is 6.01 Å². The average molecular weight is 685 g/mol. The zero-order chi connectivity index (χ0) is 34.7. The fraction of sp³-hybridized carbons (Fsp3) is 0.529. The van der Waals surface area contributed by atoms with Gasteiger partial charge in [0.1, 0.15) is 12.4 Å². The van der Waals surface area contributed by atoms with Crippen LogP contribution in [0, 0.1) is 6.92 Å². The summed E-state index contributed by atoms with van der Waals surface area (Å²) in [5.74, 6) is 0.361. The number of anilines is 2. The van der Waals surface area contributed by atoms with Crippen LogP contribution in [-0.4, -0.2) is 81.3 Å². The van der Waals surface area contributed by atoms with Crippen molar-refractivity contribution in [1.29, 1.82) is 0 Å². The molecule has 15 heteroatoms. The van der Waals surface area contributed by atoms with Gasteiger partial charge in [-0.1, -0.05) is 0 Å². The molecule has 6 heterocycles. The first-order chi connectivity index (χ1) is 23.3. The number of amides is 1. The Hall–Kier alpha value is -4.24. The number of aryl methyl sites for hydroxylation is 2. The van der Waals surface area contributed by atoms with Crippen LogP contribution in [0.1, 0.15) is 75.9 Å². The van der Waals surface area contributed by atoms with Gasteiger partial charge in [0.15, 0.2) is 5.69 Å². The van der Waals surface area contributed by atoms with Gasteiger partial charge >= 0.3 is 12.2 Å². The molecule has 0 aliphatic carbocycles. The first-order valence-corrected chi connectivity index (χ1v) is 16.5. The Morgan fingerprint density at radius 1 is 1.16 bits per heavy atom. The van der Waals surface area contributed by atoms with E-state index in [2.05, 4.69) is 14.9 Å². The molecule has 2 aromatic heterocycles. The highest BCUT2D eigenvalue weighted by atomic mass is 19.4. The molecule has 2 N–H and O–H groups in total. The Bertz CT molecular complexity index is 1810. The number of rotatable bonds is 6. The Balaban J connectivity index is 1.25. The molecule has 4 aliphatic heterocycles. The summed E-state index contributed by atoms with van der Waals surface area (Å²) < 4.78 is 70.9. The molecule has 0 bridgehead atoms. The van der Waals surface area contributed by atoms with Crippen molar-refractivity contribution < 1.29 is 31.8 Å². The van der Waals surface area contributed by atoms with Gasteiger partial charge in [0.05, 0.1) is 48.1 Å². The lowest BCUT2D eigenvalue weighted by molar-refractivity contribution is -0.140. The third kappa shape index (κ3) is 6.22. The summed E-state index contributed by atoms with van der Waals surface area (Å²) in [5.41, 5.74) is 8.20. The SMILES string of the molecule is Cc1cc(N)cc([C@@H]2Cc3nc(OC[C@@]45CCCN4C/C(=C\F)C5)nc(N4CCCn5nc(C(=O)N(C)C)cc5C4)c3CO2)c1C(F)(F)F. The highest BCUT2D eigenvalue weighted by Gasteiger charge is 2.47. The summed E-state index contributed by atoms with van der Waals surface area (Å²) in [6, 6.07) is 4.53. The van der Waals surface area contributed by atoms with Crippen molar-refractivity contribution in [2.45, 2.75) is 76.5 Å². The fourth-order valence-electron chi connectivity index (χ4n) is 7.87. The molecule has 2 atom stereocenters. The summed E-state index contributed by atoms with van der Waals surface area (Å²) in [6.07, 6.45) is -1.76. The number of nitrogens with zero attached hydrogens (tertiary/aromatic N) is 7. The van der Waals surface area contributed by atoms with Gasteiger partial charge in [0.25, 0.3) is 5.91 Å². The van der Waals surface area contributed by atoms with E-state index in [0.717, 1.165) is 30.7 Å². The number of nitrogens with two attached hydrogens (primary N) is 1. The van der Waals surface area contributed by atoms with E-state index < -0.39 is 17.8 Å². The minimum Gasteiger partial charge on any atom is -0.461 e. The maximum atomic E-state index is 14.3. The Morgan fingerprint density at radius 3 is 2.73 bits per heavy atom. The van der Waals surface area contributed by atoms with Crippen LogP contribution in [0.3, 0.4) is 0 Å². The van der Waals surface area contributed by atoms with E-state index in [0.29, 0.717) is 68.1 Å². The molecule has 1 amide bonds. The van der Waals surface area contributed by atoms with E-state index in [-0.39, 0.29) is 53.9 Å². The Kier molecular flexibility index (Phi) is 8.54. The number of aromatic nitrogens is 4. The van der Waals surface area contributed by atoms with E-state index in [1.807, 2.05) is 4.68 Å². The van der Waals surface area contributed by atoms with E-state index in [9.17, 15) is 22.4 Å². The van der Waals surface area contributed by atoms with Crippen LogP contribution in [-0.2, 0) is 37.0 Å². The highest BCUT2D eigenvalue weighted by Crippen LogP contribution is 2.44. The summed E-state index contributed by atoms with van der Waals surface area (Å²) in [4.78, 5) is 28.1. The van der Waals surface area contributed by atoms with Crippen molar-refractivity contribution in [1.82, 2.24) is 29.5 Å². The van der Waals surface area contributed by atoms with Crippen molar-refractivity contribution in [3.05, 3.63) is 69.4 Å². The minimum atomic E-state index is -4.61. The molecule has 0 spiro atoms. The van der Waals surface area contributed by atoms with Gasteiger partial charge in [-0.2, -0.15) is 28.2 Å². The largest absolute Gasteiger partial charge is 0.461 e. The number of alkyl halides is 3. The summed E-state index contributed by atoms with van der Waals surface area (Å²) >= 11 is 0. The Labute approximate surface area is 281 Å². The zero-order valence-electron chi connectivity index (χ0n) is 27.8. The number of halogens is 4. The summed E-state index contributed by atoms with van der Waals surface area (Å²) in [6.45, 7) is 4.59. The molecule has 7 rings (SSSR count). The first-order valence-electron chi connectivity index (χ1n) is 16.5. The number of benzene rings is 1. The van der Waals surface area contributed by atoms with Gasteiger partial charge < -0.3 is 25.0 Å². The molecule has 1 aromatic carbocycles. The lowest BCUT2D eigenvalue weighted by Gasteiger charge is -2.33. The molecule has 262 valence electrons. The predicted molar refractivity (Wildman–Crippen MR) is 173 cm³/mol. The topological polar surface area (TPSA) is 115 Å². The van der Waals surface area contributed by atoms with Crippen LogP contribution in [0.2, 0.25) is 0 Å². The predicted octanol–water partition coefficient (Wildman–Crippen LogP) is 4.98. The Morgan fingerprint density at radius 2 is 1.98 bits per heavy atom. The summed E-state index contributed by atoms with van der Waals surface area (Å²) in [5, 5.41) is 4.55. The van der Waals surface area contributed by atoms with Crippen molar-refractivity contribution in [3.63, 3.8) is 0 Å². The second kappa shape index (κ2) is 12.6. The van der Waals surface area contributed by atoms with Gasteiger partial charge in [0.2, 0.25) is 0 Å². The molecule has 2 saturated heterocycles. The molecule has 0 unspecified atom stereocenters. The number of carbonyl (C=O) groups is 1. The van der Waals surface area contributed by atoms with Gasteiger partial charge in [0, 0.05) is 51.4 Å². The monoisotopic (exact) mass is 684 g/mol. The lowest BCUT2D eigenvalue weighted by Crippen LogP contribution is -2.43. The molecular formula is C34H40F4N8O3. The number of carbonyl (C=O) groups excluding carboxylic acids is 1. The van der Waals surface area contributed by atoms with Crippen LogP contribution < -0.4 is 15.4 Å². The number of hydrogen-bond donors (Lipinski definition) is 1. The second-order valence-corrected chi connectivity index (χ2v) is 13.8. The maximum Gasteiger partial charge on any atom is 0.417 e. The average Bonchev–Trinajstić information content (AvgIpc) is 3.69. The number of fused-ring (bicyclic) bond motifs is 3. The van der Waals surface area contributed by atoms with Crippen LogP contribution >= 0.6 is 0 Å². The van der Waals surface area contributed by atoms with Gasteiger partial charge in [-0.3, -0.25) is 14.4 Å². The van der Waals surface area contributed by atoms with Crippen LogP contribution in [0.4, 0.5) is 29.1 Å². The van der Waals surface area contributed by atoms with Crippen LogP contribution in [0.25, 0.3) is 0 Å². The van der Waals surface area contributed by atoms with Gasteiger partial charge in [-0.05, 0) is 74.1 Å². The third-order valence-electron chi connectivity index (χ3n) is 10.1. The number of ether oxygens (including phenoxy) is 2. The zero-order valence-corrected chi connectivity index (χ0v) is 27.8. The number of hydrogen-bond acceptors (Lipinski definition) is 9. The highest BCUT2D eigenvalue weighted by molar-refractivity contribution is 5.92. The molecule has 11 nitrogen and oxygen atoms in total. The van der Waals surface area contributed by atoms with Crippen LogP contribution in [0.5, 0.6) is 6.01 Å². The standard InChI is InChI=1S/C34H40F4N8O3/c1-20-10-22(39)11-24(29(20)34(36,37)38)28-13-26-25(18-48-28)30(44-7-5-9-46-23(17-44)12-27(42-46)31(47)43(2)3)41-32(40-26)49-19-33-6-4-8-45(33)16-21(14-33)15-35/h10-12,15,28H,4-9,13-14,16-19,39H2,1-3H3/b21-15-/t28-,33-/m0/s1. The van der Waals surface area contributed by atoms with E-state index in [1.54, 1.807) is 20.2 Å². The second-order valence-electron chi connectivity index (χ2n) is 13.8. The molecule has 4 aliphatic rings. The van der Waals surface area contributed by atoms with E-state index in [1.165, 1.54) is 24.0 Å². The maximum absolute atomic E-state index is 14.3. The molecule has 49 heavy (non-hydrogen) atoms. The molecule has 0 radical (unpaired) electrons. The minimum absolute atomic E-state index is 0.0243. The molecule has 0 saturated carbocycles. The van der Waals surface area contributed by atoms with Crippen LogP contribution in [0.15, 0.2) is 30.1 Å². The molecule has 2 fully saturated rings. The smallest absolute Gasteiger partial charge is 0.417 e. The van der Waals surface area contributed by atoms with E-state index >= 15 is 0 Å². The number of nitrogen functional groups attached to an aromatic ring is 1. The molecule has 3 aromatic rings. The summed E-state index contributed by atoms with van der Waals surface area (Å²) in [7, 11) is 3.35. The fourth-order valence-corrected chi connectivity index (χ4v) is 7.87. The lowest BCUT2D eigenvalue weighted by atomic mass is 9.92. The quantitative estimate of drug-likeness (QED) is 0.284. The van der Waals surface area contributed by atoms with Crippen molar-refractivity contribution in [2.75, 3.05) is 51.0 Å². The van der Waals surface area contributed by atoms with Gasteiger partial charge in [-0.15, -0.1) is 0 Å². The van der Waals surface area contributed by atoms with E-state index in [4.69, 9.17) is 25.2 Å². The molecular weight excluding hydrogens is 644 g/mol. The third-order valence-corrected chi connectivity index (χ3v) is 10.1.